The van der Waals surface area contributed by atoms with Crippen LogP contribution in [0.2, 0.25) is 0 Å². The summed E-state index contributed by atoms with van der Waals surface area (Å²) >= 11 is 0. The van der Waals surface area contributed by atoms with E-state index in [0.717, 1.165) is 0 Å². The summed E-state index contributed by atoms with van der Waals surface area (Å²) in [4.78, 5) is 23.6. The van der Waals surface area contributed by atoms with Crippen LogP contribution in [0.4, 0.5) is 4.79 Å². The van der Waals surface area contributed by atoms with Crippen LogP contribution in [-0.2, 0) is 4.79 Å². The second kappa shape index (κ2) is 3.38. The minimum absolute atomic E-state index is 0.123. The van der Waals surface area contributed by atoms with E-state index < -0.39 is 0 Å². The van der Waals surface area contributed by atoms with Gasteiger partial charge in [0.2, 0.25) is 5.91 Å². The zero-order chi connectivity index (χ0) is 9.14. The Morgan fingerprint density at radius 3 is 3.00 bits per heavy atom. The molecular weight excluding hydrogens is 156 g/mol. The van der Waals surface area contributed by atoms with Crippen LogP contribution in [0.5, 0.6) is 0 Å². The van der Waals surface area contributed by atoms with Gasteiger partial charge in [0.1, 0.15) is 0 Å². The molecule has 0 saturated carbocycles. The summed E-state index contributed by atoms with van der Waals surface area (Å²) in [5.74, 6) is -0.317. The molecule has 1 heterocycles. The summed E-state index contributed by atoms with van der Waals surface area (Å²) in [7, 11) is 0. The van der Waals surface area contributed by atoms with Gasteiger partial charge in [-0.25, -0.2) is 4.79 Å². The van der Waals surface area contributed by atoms with Gasteiger partial charge in [-0.3, -0.25) is 10.1 Å². The molecule has 0 bridgehead atoms. The molecule has 0 aromatic carbocycles. The number of imide groups is 1. The van der Waals surface area contributed by atoms with Crippen molar-refractivity contribution >= 4 is 11.9 Å². The highest BCUT2D eigenvalue weighted by atomic mass is 16.2. The second-order valence-corrected chi connectivity index (χ2v) is 2.89. The molecule has 1 unspecified atom stereocenters. The average Bonchev–Trinajstić information content (AvgIpc) is 2.01. The number of nitrogens with zero attached hydrogens (tertiary/aromatic N) is 1. The van der Waals surface area contributed by atoms with Gasteiger partial charge in [-0.05, 0) is 0 Å². The van der Waals surface area contributed by atoms with Gasteiger partial charge in [0.15, 0.2) is 0 Å². The van der Waals surface area contributed by atoms with Crippen molar-refractivity contribution in [1.29, 1.82) is 0 Å². The molecule has 12 heavy (non-hydrogen) atoms. The van der Waals surface area contributed by atoms with Crippen molar-refractivity contribution in [3.63, 3.8) is 0 Å². The fraction of sp³-hybridized carbons (Fsp3) is 0.500. The van der Waals surface area contributed by atoms with Crippen molar-refractivity contribution in [2.24, 2.45) is 5.92 Å². The summed E-state index contributed by atoms with van der Waals surface area (Å²) in [6.45, 7) is 6.29. The monoisotopic (exact) mass is 168 g/mol. The summed E-state index contributed by atoms with van der Waals surface area (Å²) in [5.41, 5.74) is 0. The Morgan fingerprint density at radius 1 is 1.75 bits per heavy atom. The van der Waals surface area contributed by atoms with E-state index in [1.165, 1.54) is 0 Å². The predicted octanol–water partition coefficient (Wildman–Crippen LogP) is 0.360. The largest absolute Gasteiger partial charge is 0.324 e. The zero-order valence-electron chi connectivity index (χ0n) is 7.04. The van der Waals surface area contributed by atoms with E-state index in [9.17, 15) is 9.59 Å². The Kier molecular flexibility index (Phi) is 2.47. The van der Waals surface area contributed by atoms with Crippen LogP contribution in [-0.4, -0.2) is 29.9 Å². The number of nitrogens with one attached hydrogen (secondary N) is 1. The van der Waals surface area contributed by atoms with Crippen LogP contribution in [0.15, 0.2) is 12.7 Å². The molecule has 0 spiro atoms. The lowest BCUT2D eigenvalue weighted by molar-refractivity contribution is -0.125. The SMILES string of the molecule is C=CCN1CC(C)C(=O)NC1=O. The third-order valence-corrected chi connectivity index (χ3v) is 1.81. The number of amides is 3. The maximum absolute atomic E-state index is 11.1. The summed E-state index contributed by atoms with van der Waals surface area (Å²) < 4.78 is 0. The van der Waals surface area contributed by atoms with E-state index in [-0.39, 0.29) is 17.9 Å². The van der Waals surface area contributed by atoms with E-state index in [2.05, 4.69) is 11.9 Å². The maximum atomic E-state index is 11.1. The first kappa shape index (κ1) is 8.77. The first-order valence-corrected chi connectivity index (χ1v) is 3.86. The number of carbonyl (C=O) groups is 2. The predicted molar refractivity (Wildman–Crippen MR) is 44.5 cm³/mol. The third kappa shape index (κ3) is 1.64. The molecule has 1 aliphatic rings. The highest BCUT2D eigenvalue weighted by molar-refractivity contribution is 5.97. The van der Waals surface area contributed by atoms with Crippen molar-refractivity contribution in [1.82, 2.24) is 10.2 Å². The van der Waals surface area contributed by atoms with Gasteiger partial charge in [0, 0.05) is 13.1 Å². The van der Waals surface area contributed by atoms with Crippen molar-refractivity contribution in [2.75, 3.05) is 13.1 Å². The molecule has 1 fully saturated rings. The van der Waals surface area contributed by atoms with Crippen molar-refractivity contribution in [3.05, 3.63) is 12.7 Å². The first-order valence-electron chi connectivity index (χ1n) is 3.86. The summed E-state index contributed by atoms with van der Waals surface area (Å²) in [6, 6.07) is -0.321. The Bertz CT molecular complexity index is 225. The molecule has 1 aliphatic heterocycles. The lowest BCUT2D eigenvalue weighted by Crippen LogP contribution is -2.53. The fourth-order valence-electron chi connectivity index (χ4n) is 1.12. The molecule has 4 nitrogen and oxygen atoms in total. The molecule has 3 amide bonds. The van der Waals surface area contributed by atoms with E-state index in [1.807, 2.05) is 0 Å². The highest BCUT2D eigenvalue weighted by Crippen LogP contribution is 2.06. The topological polar surface area (TPSA) is 49.4 Å². The van der Waals surface area contributed by atoms with Crippen LogP contribution >= 0.6 is 0 Å². The molecule has 1 rings (SSSR count). The van der Waals surface area contributed by atoms with Crippen molar-refractivity contribution in [2.45, 2.75) is 6.92 Å². The molecule has 66 valence electrons. The normalized spacial score (nSPS) is 23.8. The summed E-state index contributed by atoms with van der Waals surface area (Å²) in [6.07, 6.45) is 1.64. The molecule has 0 aromatic rings. The van der Waals surface area contributed by atoms with Crippen LogP contribution in [0.1, 0.15) is 6.92 Å². The van der Waals surface area contributed by atoms with E-state index in [0.29, 0.717) is 13.1 Å². The third-order valence-electron chi connectivity index (χ3n) is 1.81. The van der Waals surface area contributed by atoms with Crippen LogP contribution in [0, 0.1) is 5.92 Å². The van der Waals surface area contributed by atoms with E-state index >= 15 is 0 Å². The van der Waals surface area contributed by atoms with Gasteiger partial charge in [0.25, 0.3) is 0 Å². The van der Waals surface area contributed by atoms with E-state index in [1.54, 1.807) is 17.9 Å². The van der Waals surface area contributed by atoms with Gasteiger partial charge in [-0.2, -0.15) is 0 Å². The molecule has 1 saturated heterocycles. The standard InChI is InChI=1S/C8H12N2O2/c1-3-4-10-5-6(2)7(11)9-8(10)12/h3,6H,1,4-5H2,2H3,(H,9,11,12). The van der Waals surface area contributed by atoms with E-state index in [4.69, 9.17) is 0 Å². The lowest BCUT2D eigenvalue weighted by atomic mass is 10.1. The van der Waals surface area contributed by atoms with Gasteiger partial charge in [0.05, 0.1) is 5.92 Å². The summed E-state index contributed by atoms with van der Waals surface area (Å²) in [5, 5.41) is 2.26. The quantitative estimate of drug-likeness (QED) is 0.605. The number of rotatable bonds is 2. The van der Waals surface area contributed by atoms with Crippen LogP contribution in [0.3, 0.4) is 0 Å². The highest BCUT2D eigenvalue weighted by Gasteiger charge is 2.27. The smallest absolute Gasteiger partial charge is 0.320 e. The second-order valence-electron chi connectivity index (χ2n) is 2.89. The number of hydrogen-bond donors (Lipinski definition) is 1. The minimum Gasteiger partial charge on any atom is -0.320 e. The molecular formula is C8H12N2O2. The van der Waals surface area contributed by atoms with Crippen molar-refractivity contribution in [3.8, 4) is 0 Å². The lowest BCUT2D eigenvalue weighted by Gasteiger charge is -2.29. The van der Waals surface area contributed by atoms with Gasteiger partial charge in [-0.15, -0.1) is 6.58 Å². The van der Waals surface area contributed by atoms with Crippen molar-refractivity contribution < 1.29 is 9.59 Å². The maximum Gasteiger partial charge on any atom is 0.324 e. The molecule has 1 atom stereocenters. The van der Waals surface area contributed by atoms with Gasteiger partial charge < -0.3 is 4.90 Å². The molecule has 0 aromatic heterocycles. The molecule has 1 N–H and O–H groups in total. The zero-order valence-corrected chi connectivity index (χ0v) is 7.04. The van der Waals surface area contributed by atoms with Crippen LogP contribution in [0.25, 0.3) is 0 Å². The Labute approximate surface area is 71.2 Å². The number of urea groups is 1. The molecule has 0 aliphatic carbocycles. The Balaban J connectivity index is 2.61. The first-order chi connectivity index (χ1) is 5.65. The molecule has 0 radical (unpaired) electrons. The number of hydrogen-bond acceptors (Lipinski definition) is 2. The fourth-order valence-corrected chi connectivity index (χ4v) is 1.12. The average molecular weight is 168 g/mol. The Hall–Kier alpha value is -1.32. The number of carbonyl (C=O) groups excluding carboxylic acids is 2. The molecule has 4 heteroatoms. The van der Waals surface area contributed by atoms with Gasteiger partial charge >= 0.3 is 6.03 Å². The van der Waals surface area contributed by atoms with Gasteiger partial charge in [-0.1, -0.05) is 13.0 Å². The minimum atomic E-state index is -0.321. The Morgan fingerprint density at radius 2 is 2.42 bits per heavy atom. The van der Waals surface area contributed by atoms with Crippen LogP contribution < -0.4 is 5.32 Å².